The second kappa shape index (κ2) is 6.87. The number of nitrogens with zero attached hydrogens (tertiary/aromatic N) is 1. The molecule has 2 saturated heterocycles. The first kappa shape index (κ1) is 15.6. The number of nitrogens with one attached hydrogen (secondary N) is 1. The monoisotopic (exact) mass is 339 g/mol. The molecule has 1 amide bonds. The number of amides is 1. The zero-order valence-corrected chi connectivity index (χ0v) is 13.5. The summed E-state index contributed by atoms with van der Waals surface area (Å²) in [6, 6.07) is 6.05. The van der Waals surface area contributed by atoms with Gasteiger partial charge in [-0.05, 0) is 23.8 Å². The molecule has 3 rings (SSSR count). The molecule has 116 valence electrons. The third-order valence-corrected chi connectivity index (χ3v) is 5.00. The molecule has 7 heteroatoms. The second-order valence-electron chi connectivity index (χ2n) is 5.18. The predicted octanol–water partition coefficient (Wildman–Crippen LogP) is 0.899. The topological polar surface area (TPSA) is 34.0 Å². The number of rotatable bonds is 3. The Morgan fingerprint density at radius 1 is 1.32 bits per heavy atom. The van der Waals surface area contributed by atoms with Gasteiger partial charge in [0.05, 0.1) is 18.1 Å². The van der Waals surface area contributed by atoms with E-state index >= 15 is 0 Å². The van der Waals surface area contributed by atoms with Gasteiger partial charge in [0.15, 0.2) is 11.0 Å². The standard InChI is InChI=1S/C15H15FN2O2S2/c16-12-3-1-11(2-4-12)9-13-14(19)18(15(21)22-13)10-17-5-7-20-8-6-17/h1-4,9H,5-8,10H2/p+1/b13-9+. The molecule has 1 N–H and O–H groups in total. The number of thiocarbonyl (C=S) groups is 1. The van der Waals surface area contributed by atoms with Crippen LogP contribution in [0.15, 0.2) is 29.2 Å². The Bertz CT molecular complexity index is 612. The summed E-state index contributed by atoms with van der Waals surface area (Å²) in [5.74, 6) is -0.362. The summed E-state index contributed by atoms with van der Waals surface area (Å²) in [5, 5.41) is 0. The number of halogens is 1. The maximum atomic E-state index is 12.9. The lowest BCUT2D eigenvalue weighted by atomic mass is 10.2. The number of carbonyl (C=O) groups excluding carboxylic acids is 1. The van der Waals surface area contributed by atoms with Gasteiger partial charge < -0.3 is 9.64 Å². The molecule has 0 atom stereocenters. The quantitative estimate of drug-likeness (QED) is 0.655. The van der Waals surface area contributed by atoms with Crippen LogP contribution in [0.2, 0.25) is 0 Å². The highest BCUT2D eigenvalue weighted by atomic mass is 32.2. The third-order valence-electron chi connectivity index (χ3n) is 3.62. The normalized spacial score (nSPS) is 21.9. The fourth-order valence-corrected chi connectivity index (χ4v) is 3.64. The number of carbonyl (C=O) groups is 1. The molecule has 1 aromatic carbocycles. The average Bonchev–Trinajstić information content (AvgIpc) is 2.78. The van der Waals surface area contributed by atoms with Crippen LogP contribution in [-0.4, -0.2) is 48.1 Å². The zero-order chi connectivity index (χ0) is 15.5. The number of benzene rings is 1. The molecule has 0 spiro atoms. The molecule has 2 heterocycles. The summed E-state index contributed by atoms with van der Waals surface area (Å²) in [7, 11) is 0. The molecule has 0 saturated carbocycles. The molecule has 2 aliphatic heterocycles. The summed E-state index contributed by atoms with van der Waals surface area (Å²) in [6.07, 6.45) is 1.76. The Labute approximate surface area is 137 Å². The van der Waals surface area contributed by atoms with Crippen molar-refractivity contribution < 1.29 is 18.8 Å². The molecule has 4 nitrogen and oxygen atoms in total. The number of thioether (sulfide) groups is 1. The maximum absolute atomic E-state index is 12.9. The Hall–Kier alpha value is -1.28. The molecule has 0 bridgehead atoms. The van der Waals surface area contributed by atoms with E-state index in [1.54, 1.807) is 23.1 Å². The molecular formula is C15H16FN2O2S2+. The van der Waals surface area contributed by atoms with Crippen LogP contribution in [0.25, 0.3) is 6.08 Å². The van der Waals surface area contributed by atoms with Gasteiger partial charge in [-0.3, -0.25) is 4.79 Å². The van der Waals surface area contributed by atoms with Crippen molar-refractivity contribution in [1.82, 2.24) is 4.90 Å². The molecule has 2 fully saturated rings. The Balaban J connectivity index is 1.71. The summed E-state index contributed by atoms with van der Waals surface area (Å²) in [4.78, 5) is 16.0. The lowest BCUT2D eigenvalue weighted by Crippen LogP contribution is -3.15. The first-order chi connectivity index (χ1) is 10.6. The number of hydrogen-bond acceptors (Lipinski definition) is 4. The summed E-state index contributed by atoms with van der Waals surface area (Å²) in [6.45, 7) is 3.78. The van der Waals surface area contributed by atoms with E-state index in [0.29, 0.717) is 15.9 Å². The number of quaternary nitrogens is 1. The van der Waals surface area contributed by atoms with Gasteiger partial charge in [-0.2, -0.15) is 0 Å². The number of morpholine rings is 1. The summed E-state index contributed by atoms with van der Waals surface area (Å²) >= 11 is 6.62. The minimum Gasteiger partial charge on any atom is -0.370 e. The van der Waals surface area contributed by atoms with Crippen molar-refractivity contribution >= 4 is 40.3 Å². The van der Waals surface area contributed by atoms with Crippen LogP contribution in [0.3, 0.4) is 0 Å². The van der Waals surface area contributed by atoms with E-state index in [-0.39, 0.29) is 11.7 Å². The average molecular weight is 339 g/mol. The van der Waals surface area contributed by atoms with Crippen LogP contribution in [0, 0.1) is 5.82 Å². The van der Waals surface area contributed by atoms with Gasteiger partial charge in [-0.1, -0.05) is 36.1 Å². The van der Waals surface area contributed by atoms with E-state index in [0.717, 1.165) is 31.9 Å². The Morgan fingerprint density at radius 3 is 2.68 bits per heavy atom. The van der Waals surface area contributed by atoms with Gasteiger partial charge in [-0.15, -0.1) is 0 Å². The van der Waals surface area contributed by atoms with Crippen LogP contribution in [-0.2, 0) is 9.53 Å². The van der Waals surface area contributed by atoms with Crippen molar-refractivity contribution in [1.29, 1.82) is 0 Å². The van der Waals surface area contributed by atoms with Gasteiger partial charge >= 0.3 is 0 Å². The minimum absolute atomic E-state index is 0.0710. The van der Waals surface area contributed by atoms with E-state index in [1.807, 2.05) is 0 Å². The van der Waals surface area contributed by atoms with E-state index in [9.17, 15) is 9.18 Å². The van der Waals surface area contributed by atoms with Gasteiger partial charge in [0, 0.05) is 0 Å². The smallest absolute Gasteiger partial charge is 0.270 e. The first-order valence-electron chi connectivity index (χ1n) is 7.06. The van der Waals surface area contributed by atoms with Crippen LogP contribution < -0.4 is 4.90 Å². The van der Waals surface area contributed by atoms with E-state index in [1.165, 1.54) is 28.8 Å². The zero-order valence-electron chi connectivity index (χ0n) is 11.9. The van der Waals surface area contributed by atoms with Crippen LogP contribution in [0.5, 0.6) is 0 Å². The highest BCUT2D eigenvalue weighted by Crippen LogP contribution is 2.31. The van der Waals surface area contributed by atoms with Crippen molar-refractivity contribution in [3.05, 3.63) is 40.6 Å². The molecule has 0 radical (unpaired) electrons. The third kappa shape index (κ3) is 3.55. The lowest BCUT2D eigenvalue weighted by Gasteiger charge is -2.27. The van der Waals surface area contributed by atoms with Crippen molar-refractivity contribution in [2.75, 3.05) is 33.0 Å². The van der Waals surface area contributed by atoms with Gasteiger partial charge in [0.2, 0.25) is 0 Å². The maximum Gasteiger partial charge on any atom is 0.270 e. The molecule has 2 aliphatic rings. The van der Waals surface area contributed by atoms with Crippen molar-refractivity contribution in [3.8, 4) is 0 Å². The highest BCUT2D eigenvalue weighted by molar-refractivity contribution is 8.26. The van der Waals surface area contributed by atoms with Crippen molar-refractivity contribution in [3.63, 3.8) is 0 Å². The molecule has 22 heavy (non-hydrogen) atoms. The number of hydrogen-bond donors (Lipinski definition) is 1. The van der Waals surface area contributed by atoms with Crippen LogP contribution in [0.4, 0.5) is 4.39 Å². The SMILES string of the molecule is O=C1/C(=C\c2ccc(F)cc2)SC(=S)N1C[NH+]1CCOCC1. The minimum atomic E-state index is -0.291. The molecular weight excluding hydrogens is 323 g/mol. The van der Waals surface area contributed by atoms with Crippen LogP contribution >= 0.6 is 24.0 Å². The fraction of sp³-hybridized carbons (Fsp3) is 0.333. The molecule has 0 aromatic heterocycles. The molecule has 1 aromatic rings. The summed E-state index contributed by atoms with van der Waals surface area (Å²) in [5.41, 5.74) is 0.792. The predicted molar refractivity (Wildman–Crippen MR) is 87.8 cm³/mol. The van der Waals surface area contributed by atoms with Gasteiger partial charge in [-0.25, -0.2) is 9.29 Å². The van der Waals surface area contributed by atoms with E-state index in [4.69, 9.17) is 17.0 Å². The van der Waals surface area contributed by atoms with Crippen molar-refractivity contribution in [2.45, 2.75) is 0 Å². The fourth-order valence-electron chi connectivity index (χ4n) is 2.39. The molecule has 0 aliphatic carbocycles. The van der Waals surface area contributed by atoms with Gasteiger partial charge in [0.1, 0.15) is 18.9 Å². The van der Waals surface area contributed by atoms with Crippen molar-refractivity contribution in [2.24, 2.45) is 0 Å². The van der Waals surface area contributed by atoms with E-state index in [2.05, 4.69) is 0 Å². The Kier molecular flexibility index (Phi) is 4.87. The van der Waals surface area contributed by atoms with Crippen LogP contribution in [0.1, 0.15) is 5.56 Å². The Morgan fingerprint density at radius 2 is 2.00 bits per heavy atom. The number of ether oxygens (including phenoxy) is 1. The van der Waals surface area contributed by atoms with Gasteiger partial charge in [0.25, 0.3) is 5.91 Å². The van der Waals surface area contributed by atoms with E-state index < -0.39 is 0 Å². The largest absolute Gasteiger partial charge is 0.370 e. The highest BCUT2D eigenvalue weighted by Gasteiger charge is 2.34. The second-order valence-corrected chi connectivity index (χ2v) is 6.86. The first-order valence-corrected chi connectivity index (χ1v) is 8.28. The summed E-state index contributed by atoms with van der Waals surface area (Å²) < 4.78 is 18.8. The molecule has 0 unspecified atom stereocenters. The lowest BCUT2D eigenvalue weighted by molar-refractivity contribution is -0.914.